The SMILES string of the molecule is CCNC(=NCC(CO)c1ccccc1)NCCN(C)C1CCCCC1.I. The molecule has 2 rings (SSSR count). The summed E-state index contributed by atoms with van der Waals surface area (Å²) >= 11 is 0. The Bertz CT molecular complexity index is 520. The van der Waals surface area contributed by atoms with Gasteiger partial charge in [0.15, 0.2) is 5.96 Å². The summed E-state index contributed by atoms with van der Waals surface area (Å²) in [5.41, 5.74) is 1.13. The molecule has 1 aromatic carbocycles. The Kier molecular flexibility index (Phi) is 12.7. The molecule has 6 heteroatoms. The van der Waals surface area contributed by atoms with E-state index in [1.54, 1.807) is 0 Å². The Hall–Kier alpha value is -0.860. The van der Waals surface area contributed by atoms with Gasteiger partial charge >= 0.3 is 0 Å². The molecule has 0 amide bonds. The van der Waals surface area contributed by atoms with Gasteiger partial charge in [-0.3, -0.25) is 4.99 Å². The fraction of sp³-hybridized carbons (Fsp3) is 0.667. The molecule has 1 saturated carbocycles. The first-order valence-electron chi connectivity index (χ1n) is 10.1. The lowest BCUT2D eigenvalue weighted by Crippen LogP contribution is -2.43. The molecule has 1 atom stereocenters. The number of aliphatic hydroxyl groups is 1. The van der Waals surface area contributed by atoms with Crippen molar-refractivity contribution in [1.82, 2.24) is 15.5 Å². The molecule has 0 saturated heterocycles. The fourth-order valence-electron chi connectivity index (χ4n) is 3.59. The Morgan fingerprint density at radius 3 is 2.52 bits per heavy atom. The molecule has 0 aromatic heterocycles. The number of aliphatic hydroxyl groups excluding tert-OH is 1. The van der Waals surface area contributed by atoms with E-state index in [4.69, 9.17) is 0 Å². The predicted molar refractivity (Wildman–Crippen MR) is 125 cm³/mol. The lowest BCUT2D eigenvalue weighted by molar-refractivity contribution is 0.194. The minimum Gasteiger partial charge on any atom is -0.396 e. The van der Waals surface area contributed by atoms with Crippen LogP contribution in [0.15, 0.2) is 35.3 Å². The Morgan fingerprint density at radius 1 is 1.19 bits per heavy atom. The molecule has 154 valence electrons. The maximum Gasteiger partial charge on any atom is 0.191 e. The Balaban J connectivity index is 0.00000364. The summed E-state index contributed by atoms with van der Waals surface area (Å²) in [5, 5.41) is 16.4. The molecule has 5 nitrogen and oxygen atoms in total. The summed E-state index contributed by atoms with van der Waals surface area (Å²) in [5.74, 6) is 0.871. The van der Waals surface area contributed by atoms with Gasteiger partial charge in [-0.25, -0.2) is 0 Å². The van der Waals surface area contributed by atoms with Crippen LogP contribution in [0.25, 0.3) is 0 Å². The maximum atomic E-state index is 9.70. The van der Waals surface area contributed by atoms with E-state index >= 15 is 0 Å². The van der Waals surface area contributed by atoms with Gasteiger partial charge in [0.1, 0.15) is 0 Å². The Labute approximate surface area is 182 Å². The smallest absolute Gasteiger partial charge is 0.191 e. The first kappa shape index (κ1) is 24.2. The zero-order valence-electron chi connectivity index (χ0n) is 16.9. The number of guanidine groups is 1. The molecule has 1 aliphatic carbocycles. The molecule has 1 unspecified atom stereocenters. The van der Waals surface area contributed by atoms with Gasteiger partial charge in [-0.15, -0.1) is 24.0 Å². The molecule has 1 aliphatic rings. The van der Waals surface area contributed by atoms with Gasteiger partial charge < -0.3 is 20.6 Å². The first-order chi connectivity index (χ1) is 12.7. The van der Waals surface area contributed by atoms with E-state index in [1.807, 2.05) is 18.2 Å². The van der Waals surface area contributed by atoms with Gasteiger partial charge in [0.05, 0.1) is 13.2 Å². The molecule has 3 N–H and O–H groups in total. The van der Waals surface area contributed by atoms with Crippen LogP contribution in [-0.2, 0) is 0 Å². The summed E-state index contributed by atoms with van der Waals surface area (Å²) in [4.78, 5) is 7.17. The van der Waals surface area contributed by atoms with Crippen molar-refractivity contribution in [1.29, 1.82) is 0 Å². The molecule has 0 heterocycles. The highest BCUT2D eigenvalue weighted by molar-refractivity contribution is 14.0. The molecular formula is C21H37IN4O. The predicted octanol–water partition coefficient (Wildman–Crippen LogP) is 3.20. The number of aliphatic imine (C=N–C) groups is 1. The van der Waals surface area contributed by atoms with Gasteiger partial charge in [0.2, 0.25) is 0 Å². The van der Waals surface area contributed by atoms with Crippen molar-refractivity contribution in [3.63, 3.8) is 0 Å². The monoisotopic (exact) mass is 488 g/mol. The molecule has 0 bridgehead atoms. The van der Waals surface area contributed by atoms with E-state index in [1.165, 1.54) is 32.1 Å². The van der Waals surface area contributed by atoms with Crippen molar-refractivity contribution in [3.8, 4) is 0 Å². The molecule has 0 spiro atoms. The second kappa shape index (κ2) is 14.2. The molecule has 1 fully saturated rings. The van der Waals surface area contributed by atoms with E-state index in [0.29, 0.717) is 6.54 Å². The number of hydrogen-bond donors (Lipinski definition) is 3. The normalized spacial score (nSPS) is 16.7. The third kappa shape index (κ3) is 8.79. The van der Waals surface area contributed by atoms with E-state index in [9.17, 15) is 5.11 Å². The van der Waals surface area contributed by atoms with Crippen LogP contribution in [0.4, 0.5) is 0 Å². The summed E-state index contributed by atoms with van der Waals surface area (Å²) in [6, 6.07) is 10.8. The number of hydrogen-bond acceptors (Lipinski definition) is 3. The van der Waals surface area contributed by atoms with Crippen LogP contribution >= 0.6 is 24.0 Å². The zero-order valence-corrected chi connectivity index (χ0v) is 19.2. The van der Waals surface area contributed by atoms with Gasteiger partial charge in [-0.2, -0.15) is 0 Å². The van der Waals surface area contributed by atoms with Crippen molar-refractivity contribution < 1.29 is 5.11 Å². The highest BCUT2D eigenvalue weighted by Gasteiger charge is 2.17. The average Bonchev–Trinajstić information content (AvgIpc) is 2.69. The summed E-state index contributed by atoms with van der Waals surface area (Å²) < 4.78 is 0. The third-order valence-electron chi connectivity index (χ3n) is 5.26. The molecule has 27 heavy (non-hydrogen) atoms. The van der Waals surface area contributed by atoms with Gasteiger partial charge in [0, 0.05) is 31.6 Å². The largest absolute Gasteiger partial charge is 0.396 e. The second-order valence-corrected chi connectivity index (χ2v) is 7.21. The molecule has 0 radical (unpaired) electrons. The average molecular weight is 488 g/mol. The standard InChI is InChI=1S/C21H36N4O.HI/c1-3-22-21(23-14-15-25(2)20-12-8-5-9-13-20)24-16-19(17-26)18-10-6-4-7-11-18;/h4,6-7,10-11,19-20,26H,3,5,8-9,12-17H2,1-2H3,(H2,22,23,24);1H. The van der Waals surface area contributed by atoms with Crippen LogP contribution in [0.2, 0.25) is 0 Å². The van der Waals surface area contributed by atoms with Crippen LogP contribution in [0, 0.1) is 0 Å². The zero-order chi connectivity index (χ0) is 18.6. The van der Waals surface area contributed by atoms with Crippen LogP contribution < -0.4 is 10.6 Å². The lowest BCUT2D eigenvalue weighted by atomic mass is 9.94. The van der Waals surface area contributed by atoms with E-state index in [2.05, 4.69) is 46.6 Å². The number of halogens is 1. The number of likely N-dealkylation sites (N-methyl/N-ethyl adjacent to an activating group) is 1. The van der Waals surface area contributed by atoms with Gasteiger partial charge in [-0.1, -0.05) is 49.6 Å². The van der Waals surface area contributed by atoms with Crippen molar-refractivity contribution in [3.05, 3.63) is 35.9 Å². The van der Waals surface area contributed by atoms with Crippen LogP contribution in [0.1, 0.15) is 50.5 Å². The van der Waals surface area contributed by atoms with Gasteiger partial charge in [-0.05, 0) is 32.4 Å². The number of nitrogens with zero attached hydrogens (tertiary/aromatic N) is 2. The summed E-state index contributed by atoms with van der Waals surface area (Å²) in [6.45, 7) is 5.50. The summed E-state index contributed by atoms with van der Waals surface area (Å²) in [7, 11) is 2.24. The minimum absolute atomic E-state index is 0. The third-order valence-corrected chi connectivity index (χ3v) is 5.26. The summed E-state index contributed by atoms with van der Waals surface area (Å²) in [6.07, 6.45) is 6.80. The van der Waals surface area contributed by atoms with Crippen LogP contribution in [-0.4, -0.2) is 61.8 Å². The Morgan fingerprint density at radius 2 is 1.89 bits per heavy atom. The quantitative estimate of drug-likeness (QED) is 0.284. The molecule has 1 aromatic rings. The molecular weight excluding hydrogens is 451 g/mol. The van der Waals surface area contributed by atoms with Crippen molar-refractivity contribution in [2.24, 2.45) is 4.99 Å². The number of nitrogens with one attached hydrogen (secondary N) is 2. The van der Waals surface area contributed by atoms with Crippen molar-refractivity contribution in [2.45, 2.75) is 51.0 Å². The topological polar surface area (TPSA) is 59.9 Å². The van der Waals surface area contributed by atoms with Gasteiger partial charge in [0.25, 0.3) is 0 Å². The van der Waals surface area contributed by atoms with E-state index in [0.717, 1.165) is 37.2 Å². The lowest BCUT2D eigenvalue weighted by Gasteiger charge is -2.31. The molecule has 0 aliphatic heterocycles. The highest BCUT2D eigenvalue weighted by atomic mass is 127. The maximum absolute atomic E-state index is 9.70. The fourth-order valence-corrected chi connectivity index (χ4v) is 3.59. The first-order valence-corrected chi connectivity index (χ1v) is 10.1. The number of benzene rings is 1. The van der Waals surface area contributed by atoms with Crippen molar-refractivity contribution in [2.75, 3.05) is 39.8 Å². The number of rotatable bonds is 9. The van der Waals surface area contributed by atoms with E-state index < -0.39 is 0 Å². The van der Waals surface area contributed by atoms with Crippen molar-refractivity contribution >= 4 is 29.9 Å². The van der Waals surface area contributed by atoms with E-state index in [-0.39, 0.29) is 36.5 Å². The van der Waals surface area contributed by atoms with Crippen LogP contribution in [0.3, 0.4) is 0 Å². The minimum atomic E-state index is 0. The highest BCUT2D eigenvalue weighted by Crippen LogP contribution is 2.21. The second-order valence-electron chi connectivity index (χ2n) is 7.21. The van der Waals surface area contributed by atoms with Crippen LogP contribution in [0.5, 0.6) is 0 Å².